The smallest absolute Gasteiger partial charge is 0.465 e. The number of amides is 2. The summed E-state index contributed by atoms with van der Waals surface area (Å²) in [5.74, 6) is -0.316. The molecule has 10 heteroatoms. The summed E-state index contributed by atoms with van der Waals surface area (Å²) in [7, 11) is 0. The van der Waals surface area contributed by atoms with Crippen molar-refractivity contribution in [1.29, 1.82) is 5.26 Å². The van der Waals surface area contributed by atoms with Crippen molar-refractivity contribution in [3.05, 3.63) is 53.6 Å². The van der Waals surface area contributed by atoms with E-state index in [1.165, 1.54) is 6.07 Å². The van der Waals surface area contributed by atoms with E-state index >= 15 is 0 Å². The topological polar surface area (TPSA) is 138 Å². The Morgan fingerprint density at radius 1 is 1.22 bits per heavy atom. The number of nitriles is 1. The number of fused-ring (bicyclic) bond motifs is 1. The van der Waals surface area contributed by atoms with Crippen molar-refractivity contribution in [2.24, 2.45) is 0 Å². The zero-order valence-corrected chi connectivity index (χ0v) is 17.6. The molecule has 1 heterocycles. The summed E-state index contributed by atoms with van der Waals surface area (Å²) < 4.78 is 11.0. The molecule has 3 rings (SSSR count). The lowest BCUT2D eigenvalue weighted by molar-refractivity contribution is -0.128. The van der Waals surface area contributed by atoms with Crippen LogP contribution in [0.15, 0.2) is 42.5 Å². The second kappa shape index (κ2) is 8.85. The molecule has 1 aliphatic heterocycles. The summed E-state index contributed by atoms with van der Waals surface area (Å²) in [6.45, 7) is 4.89. The molecule has 0 aliphatic carbocycles. The van der Waals surface area contributed by atoms with Gasteiger partial charge in [0.05, 0.1) is 11.6 Å². The van der Waals surface area contributed by atoms with E-state index in [9.17, 15) is 14.4 Å². The van der Waals surface area contributed by atoms with Crippen LogP contribution in [0.1, 0.15) is 31.9 Å². The van der Waals surface area contributed by atoms with Gasteiger partial charge in [-0.3, -0.25) is 9.63 Å². The maximum absolute atomic E-state index is 13.0. The lowest BCUT2D eigenvalue weighted by Gasteiger charge is -2.33. The van der Waals surface area contributed by atoms with Gasteiger partial charge in [-0.2, -0.15) is 5.26 Å². The molecule has 0 spiro atoms. The van der Waals surface area contributed by atoms with Crippen LogP contribution in [0.4, 0.5) is 15.3 Å². The number of carbonyl (C=O) groups is 3. The number of rotatable bonds is 4. The minimum absolute atomic E-state index is 0.0179. The number of nitrogens with one attached hydrogen (secondary N) is 1. The zero-order chi connectivity index (χ0) is 23.5. The second-order valence-corrected chi connectivity index (χ2v) is 7.90. The first-order chi connectivity index (χ1) is 15.1. The monoisotopic (exact) mass is 439 g/mol. The van der Waals surface area contributed by atoms with Crippen LogP contribution in [0.25, 0.3) is 0 Å². The average molecular weight is 439 g/mol. The summed E-state index contributed by atoms with van der Waals surface area (Å²) in [5, 5.41) is 21.0. The van der Waals surface area contributed by atoms with Crippen LogP contribution in [0.2, 0.25) is 0 Å². The van der Waals surface area contributed by atoms with Crippen LogP contribution in [-0.2, 0) is 20.8 Å². The van der Waals surface area contributed by atoms with Crippen LogP contribution < -0.4 is 15.1 Å². The quantitative estimate of drug-likeness (QED) is 0.687. The fourth-order valence-corrected chi connectivity index (χ4v) is 3.06. The standard InChI is InChI=1S/C22H21N3O7/c1-22(2,3)31-21(29)32-25-18-14(11-16(19(25)26)24-20(27)28)7-5-9-17(18)30-15-8-4-6-13(10-15)12-23/h4-10,16,24H,11H2,1-3H3,(H,27,28)/t16-/m0/s1. The van der Waals surface area contributed by atoms with Crippen LogP contribution >= 0.6 is 0 Å². The Hall–Kier alpha value is -4.26. The van der Waals surface area contributed by atoms with Gasteiger partial charge in [0.15, 0.2) is 5.75 Å². The van der Waals surface area contributed by atoms with Crippen LogP contribution in [0.5, 0.6) is 11.5 Å². The number of carbonyl (C=O) groups excluding carboxylic acids is 2. The van der Waals surface area contributed by atoms with Crippen LogP contribution in [0.3, 0.4) is 0 Å². The van der Waals surface area contributed by atoms with Crippen LogP contribution in [0, 0.1) is 11.3 Å². The molecular weight excluding hydrogens is 418 g/mol. The minimum atomic E-state index is -1.40. The lowest BCUT2D eigenvalue weighted by atomic mass is 9.98. The maximum Gasteiger partial charge on any atom is 0.534 e. The molecule has 10 nitrogen and oxygen atoms in total. The summed E-state index contributed by atoms with van der Waals surface area (Å²) in [6.07, 6.45) is -2.52. The van der Waals surface area contributed by atoms with Gasteiger partial charge in [0.1, 0.15) is 23.1 Å². The van der Waals surface area contributed by atoms with Gasteiger partial charge in [-0.1, -0.05) is 18.2 Å². The van der Waals surface area contributed by atoms with Gasteiger partial charge in [0.2, 0.25) is 0 Å². The third-order valence-electron chi connectivity index (χ3n) is 4.25. The normalized spacial score (nSPS) is 15.2. The van der Waals surface area contributed by atoms with Crippen molar-refractivity contribution < 1.29 is 33.8 Å². The third-order valence-corrected chi connectivity index (χ3v) is 4.25. The fourth-order valence-electron chi connectivity index (χ4n) is 3.06. The molecule has 0 bridgehead atoms. The Morgan fingerprint density at radius 2 is 1.94 bits per heavy atom. The summed E-state index contributed by atoms with van der Waals surface area (Å²) >= 11 is 0. The highest BCUT2D eigenvalue weighted by Crippen LogP contribution is 2.39. The fraction of sp³-hybridized carbons (Fsp3) is 0.273. The number of carboxylic acid groups (broad SMARTS) is 1. The van der Waals surface area contributed by atoms with Gasteiger partial charge < -0.3 is 19.9 Å². The molecule has 2 aromatic rings. The first-order valence-corrected chi connectivity index (χ1v) is 9.61. The van der Waals surface area contributed by atoms with E-state index < -0.39 is 29.8 Å². The Labute approximate surface area is 183 Å². The molecule has 32 heavy (non-hydrogen) atoms. The van der Waals surface area contributed by atoms with E-state index in [1.807, 2.05) is 6.07 Å². The number of nitrogens with zero attached hydrogens (tertiary/aromatic N) is 2. The molecule has 166 valence electrons. The molecular formula is C22H21N3O7. The maximum atomic E-state index is 13.0. The Kier molecular flexibility index (Phi) is 6.20. The number of ether oxygens (including phenoxy) is 2. The molecule has 2 amide bonds. The van der Waals surface area contributed by atoms with Crippen molar-refractivity contribution >= 4 is 23.8 Å². The largest absolute Gasteiger partial charge is 0.534 e. The highest BCUT2D eigenvalue weighted by molar-refractivity contribution is 6.02. The first-order valence-electron chi connectivity index (χ1n) is 9.61. The number of benzene rings is 2. The van der Waals surface area contributed by atoms with Crippen molar-refractivity contribution in [2.75, 3.05) is 5.06 Å². The molecule has 0 saturated carbocycles. The third kappa shape index (κ3) is 5.26. The first kappa shape index (κ1) is 22.4. The van der Waals surface area contributed by atoms with Crippen molar-refractivity contribution in [3.8, 4) is 17.6 Å². The van der Waals surface area contributed by atoms with Crippen molar-refractivity contribution in [2.45, 2.75) is 38.8 Å². The number of hydrogen-bond acceptors (Lipinski definition) is 7. The zero-order valence-electron chi connectivity index (χ0n) is 17.6. The minimum Gasteiger partial charge on any atom is -0.465 e. The predicted molar refractivity (Wildman–Crippen MR) is 111 cm³/mol. The van der Waals surface area contributed by atoms with Gasteiger partial charge in [0.25, 0.3) is 5.91 Å². The molecule has 0 unspecified atom stereocenters. The van der Waals surface area contributed by atoms with E-state index in [0.29, 0.717) is 21.9 Å². The van der Waals surface area contributed by atoms with E-state index in [-0.39, 0.29) is 17.9 Å². The molecule has 1 atom stereocenters. The van der Waals surface area contributed by atoms with Gasteiger partial charge >= 0.3 is 12.2 Å². The number of anilines is 1. The summed E-state index contributed by atoms with van der Waals surface area (Å²) in [6, 6.07) is 12.1. The molecule has 0 fully saturated rings. The Morgan fingerprint density at radius 3 is 2.59 bits per heavy atom. The van der Waals surface area contributed by atoms with E-state index in [2.05, 4.69) is 5.32 Å². The van der Waals surface area contributed by atoms with E-state index in [4.69, 9.17) is 24.7 Å². The van der Waals surface area contributed by atoms with Crippen molar-refractivity contribution in [3.63, 3.8) is 0 Å². The summed E-state index contributed by atoms with van der Waals surface area (Å²) in [5.41, 5.74) is 0.122. The van der Waals surface area contributed by atoms with E-state index in [0.717, 1.165) is 0 Å². The lowest BCUT2D eigenvalue weighted by Crippen LogP contribution is -2.53. The van der Waals surface area contributed by atoms with Crippen molar-refractivity contribution in [1.82, 2.24) is 5.32 Å². The van der Waals surface area contributed by atoms with Crippen LogP contribution in [-0.4, -0.2) is 34.9 Å². The SMILES string of the molecule is CC(C)(C)OC(=O)ON1C(=O)[C@@H](NC(=O)O)Cc2cccc(Oc3cccc(C#N)c3)c21. The molecule has 0 aromatic heterocycles. The second-order valence-electron chi connectivity index (χ2n) is 7.90. The average Bonchev–Trinajstić information content (AvgIpc) is 2.69. The van der Waals surface area contributed by atoms with Gasteiger partial charge in [-0.05, 0) is 50.6 Å². The van der Waals surface area contributed by atoms with Gasteiger partial charge in [-0.15, -0.1) is 5.06 Å². The molecule has 2 aromatic carbocycles. The molecule has 1 aliphatic rings. The molecule has 0 saturated heterocycles. The number of hydrogen-bond donors (Lipinski definition) is 2. The molecule has 2 N–H and O–H groups in total. The summed E-state index contributed by atoms with van der Waals surface area (Å²) in [4.78, 5) is 41.7. The number of para-hydroxylation sites is 1. The Balaban J connectivity index is 2.01. The van der Waals surface area contributed by atoms with E-state index in [1.54, 1.807) is 57.2 Å². The van der Waals surface area contributed by atoms with Gasteiger partial charge in [0, 0.05) is 6.42 Å². The predicted octanol–water partition coefficient (Wildman–Crippen LogP) is 3.74. The Bertz CT molecular complexity index is 1100. The van der Waals surface area contributed by atoms with Gasteiger partial charge in [-0.25, -0.2) is 9.59 Å². The number of hydroxylamine groups is 1. The highest BCUT2D eigenvalue weighted by Gasteiger charge is 2.39. The highest BCUT2D eigenvalue weighted by atomic mass is 16.8. The molecule has 0 radical (unpaired) electrons.